The van der Waals surface area contributed by atoms with Crippen molar-refractivity contribution in [2.45, 2.75) is 89.1 Å². The molecule has 27 nitrogen and oxygen atoms in total. The lowest BCUT2D eigenvalue weighted by atomic mass is 10.0. The second kappa shape index (κ2) is 17.5. The Morgan fingerprint density at radius 3 is 2.44 bits per heavy atom. The number of ether oxygens (including phenoxy) is 6. The number of nitrogens with zero attached hydrogens (tertiary/aromatic N) is 7. The summed E-state index contributed by atoms with van der Waals surface area (Å²) in [6.07, 6.45) is -7.62. The largest absolute Gasteiger partial charge is 0.510 e. The topological polar surface area (TPSA) is 349 Å². The Morgan fingerprint density at radius 2 is 1.71 bits per heavy atom. The van der Waals surface area contributed by atoms with Crippen LogP contribution in [-0.2, 0) is 60.2 Å². The number of nitrogens with two attached hydrogens (primary N) is 2. The van der Waals surface area contributed by atoms with Crippen molar-refractivity contribution >= 4 is 72.4 Å². The van der Waals surface area contributed by atoms with Crippen LogP contribution in [0, 0.1) is 11.3 Å². The van der Waals surface area contributed by atoms with E-state index in [9.17, 15) is 19.5 Å². The maximum atomic E-state index is 15.0. The molecule has 0 radical (unpaired) electrons. The summed E-state index contributed by atoms with van der Waals surface area (Å²) in [6, 6.07) is -0.878. The Balaban J connectivity index is 1.19. The van der Waals surface area contributed by atoms with Crippen molar-refractivity contribution in [2.24, 2.45) is 11.3 Å². The molecule has 0 amide bonds. The highest BCUT2D eigenvalue weighted by Gasteiger charge is 2.74. The van der Waals surface area contributed by atoms with Gasteiger partial charge in [0, 0.05) is 23.9 Å². The van der Waals surface area contributed by atoms with E-state index in [2.05, 4.69) is 29.9 Å². The molecule has 2 aliphatic carbocycles. The van der Waals surface area contributed by atoms with Crippen LogP contribution in [0.4, 0.5) is 21.4 Å². The summed E-state index contributed by atoms with van der Waals surface area (Å²) in [4.78, 5) is 60.8. The summed E-state index contributed by atoms with van der Waals surface area (Å²) in [5, 5.41) is 12.2. The quantitative estimate of drug-likeness (QED) is 0.0954. The molecule has 63 heavy (non-hydrogen) atoms. The van der Waals surface area contributed by atoms with Crippen LogP contribution in [0.2, 0.25) is 0 Å². The van der Waals surface area contributed by atoms with Gasteiger partial charge in [0.25, 0.3) is 5.56 Å². The van der Waals surface area contributed by atoms with Crippen molar-refractivity contribution in [3.05, 3.63) is 29.3 Å². The number of aromatic nitrogens is 8. The smallest absolute Gasteiger partial charge is 0.432 e. The van der Waals surface area contributed by atoms with Gasteiger partial charge >= 0.3 is 26.9 Å². The van der Waals surface area contributed by atoms with Gasteiger partial charge in [-0.05, 0) is 40.0 Å². The standard InChI is InChI=1S/C33H44N10O17P2S/c1-14(2)56-31(46)51-12-55-61(48)54-8-33-6-16(33)20(42-10-38-18-25(34)36-9-37-26(18)42)21(44)24(33)60-62(49,63-13-52-32(47)57-15(3)4)53-7-17-22(50-5)23(59-61)29(58-17)43-11-39-19-27(43)40-30(35)41-28(19)45/h9-11,14-17,20-24,29,44H,6-8,12-13H2,1-5H3,(H2,34,36,37)(H3,35,40,41,45)/t16-,17-,20-,21+,22-,23-,24+,29-,33+,61-,62-/m1/s1. The lowest BCUT2D eigenvalue weighted by Gasteiger charge is -2.32. The van der Waals surface area contributed by atoms with Crippen molar-refractivity contribution < 1.29 is 74.9 Å². The molecule has 4 aromatic heterocycles. The first-order valence-electron chi connectivity index (χ1n) is 19.3. The second-order valence-electron chi connectivity index (χ2n) is 15.3. The average molecular weight is 947 g/mol. The number of methoxy groups -OCH3 is 1. The summed E-state index contributed by atoms with van der Waals surface area (Å²) in [5.41, 5.74) is 10.3. The SMILES string of the molecule is CO[C@H]1[C@H]2O[P@@](=O)(OCOC(=O)OC(C)C)OC[C@@]34C[C@@H]3[C@@H](n3cnc5c(N)ncnc53)[C@H](O)[C@@H]4O[P@](=O)(SCOC(=O)OC(C)C)OC[C@H]1O[C@H]2n1cnc2c(=O)[nH]c(N)nc21. The third kappa shape index (κ3) is 8.86. The maximum Gasteiger partial charge on any atom is 0.510 e. The number of nitrogens with one attached hydrogen (secondary N) is 1. The molecule has 8 rings (SSSR count). The molecule has 6 N–H and O–H groups in total. The van der Waals surface area contributed by atoms with Gasteiger partial charge in [-0.3, -0.25) is 32.4 Å². The zero-order valence-corrected chi connectivity index (χ0v) is 36.7. The van der Waals surface area contributed by atoms with Gasteiger partial charge in [-0.15, -0.1) is 0 Å². The van der Waals surface area contributed by atoms with Gasteiger partial charge in [-0.1, -0.05) is 0 Å². The minimum atomic E-state index is -4.99. The van der Waals surface area contributed by atoms with E-state index in [-0.39, 0.29) is 40.5 Å². The zero-order valence-electron chi connectivity index (χ0n) is 34.1. The molecular formula is C33H44N10O17P2S. The van der Waals surface area contributed by atoms with E-state index in [4.69, 9.17) is 62.5 Å². The third-order valence-electron chi connectivity index (χ3n) is 10.6. The number of carbonyl (C=O) groups excluding carboxylic acids is 2. The highest BCUT2D eigenvalue weighted by Crippen LogP contribution is 2.74. The number of aliphatic hydroxyl groups excluding tert-OH is 1. The Labute approximate surface area is 359 Å². The molecule has 2 aliphatic heterocycles. The van der Waals surface area contributed by atoms with Crippen molar-refractivity contribution in [2.75, 3.05) is 44.5 Å². The van der Waals surface area contributed by atoms with Gasteiger partial charge < -0.3 is 49.6 Å². The molecule has 2 saturated heterocycles. The summed E-state index contributed by atoms with van der Waals surface area (Å²) in [6.45, 7) is -0.338. The number of phosphoric ester groups is 1. The van der Waals surface area contributed by atoms with Crippen LogP contribution in [0.25, 0.3) is 22.3 Å². The molecule has 2 saturated carbocycles. The van der Waals surface area contributed by atoms with Gasteiger partial charge in [0.1, 0.15) is 42.4 Å². The van der Waals surface area contributed by atoms with E-state index in [0.29, 0.717) is 11.4 Å². The number of nitrogen functional groups attached to an aromatic ring is 2. The van der Waals surface area contributed by atoms with E-state index in [0.717, 1.165) is 0 Å². The first kappa shape index (κ1) is 45.1. The van der Waals surface area contributed by atoms with Gasteiger partial charge in [0.2, 0.25) is 12.7 Å². The van der Waals surface area contributed by atoms with Crippen molar-refractivity contribution in [1.29, 1.82) is 0 Å². The van der Waals surface area contributed by atoms with Crippen molar-refractivity contribution in [1.82, 2.24) is 39.0 Å². The Hall–Kier alpha value is -4.47. The first-order valence-corrected chi connectivity index (χ1v) is 23.9. The van der Waals surface area contributed by atoms with Crippen molar-refractivity contribution in [3.8, 4) is 0 Å². The van der Waals surface area contributed by atoms with Crippen LogP contribution in [0.5, 0.6) is 0 Å². The number of anilines is 2. The number of imidazole rings is 2. The Kier molecular flexibility index (Phi) is 12.5. The molecular weight excluding hydrogens is 902 g/mol. The minimum Gasteiger partial charge on any atom is -0.432 e. The van der Waals surface area contributed by atoms with Gasteiger partial charge in [-0.25, -0.2) is 43.2 Å². The highest BCUT2D eigenvalue weighted by molar-refractivity contribution is 8.55. The molecule has 11 atom stereocenters. The number of hydrogen-bond acceptors (Lipinski definition) is 25. The average Bonchev–Trinajstić information content (AvgIpc) is 3.50. The fourth-order valence-electron chi connectivity index (χ4n) is 7.93. The van der Waals surface area contributed by atoms with Gasteiger partial charge in [0.15, 0.2) is 34.8 Å². The number of hydrogen-bond donors (Lipinski definition) is 4. The number of fused-ring (bicyclic) bond motifs is 4. The number of rotatable bonds is 11. The van der Waals surface area contributed by atoms with Crippen LogP contribution in [0.1, 0.15) is 46.4 Å². The van der Waals surface area contributed by atoms with E-state index in [1.165, 1.54) is 30.7 Å². The van der Waals surface area contributed by atoms with Crippen LogP contribution >= 0.6 is 26.0 Å². The zero-order chi connectivity index (χ0) is 45.0. The monoisotopic (exact) mass is 946 g/mol. The summed E-state index contributed by atoms with van der Waals surface area (Å²) < 4.78 is 95.7. The lowest BCUT2D eigenvalue weighted by Crippen LogP contribution is -2.38. The number of aliphatic hydroxyl groups is 1. The van der Waals surface area contributed by atoms with E-state index < -0.39 is 125 Å². The van der Waals surface area contributed by atoms with Crippen LogP contribution in [-0.4, -0.2) is 132 Å². The highest BCUT2D eigenvalue weighted by atomic mass is 32.7. The summed E-state index contributed by atoms with van der Waals surface area (Å²) in [5.74, 6) is -1.35. The normalized spacial score (nSPS) is 33.0. The number of aromatic amines is 1. The summed E-state index contributed by atoms with van der Waals surface area (Å²) >= 11 is 0.474. The van der Waals surface area contributed by atoms with E-state index in [1.807, 2.05) is 0 Å². The van der Waals surface area contributed by atoms with Gasteiger partial charge in [0.05, 0.1) is 44.1 Å². The molecule has 30 heteroatoms. The summed E-state index contributed by atoms with van der Waals surface area (Å²) in [7, 11) is -3.72. The predicted molar refractivity (Wildman–Crippen MR) is 213 cm³/mol. The molecule has 4 fully saturated rings. The molecule has 0 unspecified atom stereocenters. The molecule has 6 heterocycles. The van der Waals surface area contributed by atoms with Gasteiger partial charge in [-0.2, -0.15) is 4.98 Å². The van der Waals surface area contributed by atoms with Crippen LogP contribution < -0.4 is 17.0 Å². The molecule has 2 bridgehead atoms. The number of phosphoric acid groups is 1. The maximum absolute atomic E-state index is 15.0. The fourth-order valence-corrected chi connectivity index (χ4v) is 12.1. The van der Waals surface area contributed by atoms with E-state index in [1.54, 1.807) is 32.3 Å². The molecule has 344 valence electrons. The van der Waals surface area contributed by atoms with Crippen LogP contribution in [0.15, 0.2) is 23.8 Å². The number of H-pyrrole nitrogens is 1. The fraction of sp³-hybridized carbons (Fsp3) is 0.636. The number of carbonyl (C=O) groups is 2. The Morgan fingerprint density at radius 1 is 1.00 bits per heavy atom. The predicted octanol–water partition coefficient (Wildman–Crippen LogP) is 2.78. The first-order chi connectivity index (χ1) is 29.9. The minimum absolute atomic E-state index is 0.0774. The second-order valence-corrected chi connectivity index (χ2v) is 20.9. The Bertz CT molecular complexity index is 2530. The molecule has 0 aromatic carbocycles. The molecule has 1 spiro atoms. The molecule has 4 aromatic rings. The molecule has 4 aliphatic rings. The van der Waals surface area contributed by atoms with E-state index >= 15 is 9.13 Å². The lowest BCUT2D eigenvalue weighted by molar-refractivity contribution is -0.0688. The van der Waals surface area contributed by atoms with Crippen LogP contribution in [0.3, 0.4) is 0 Å². The third-order valence-corrected chi connectivity index (χ3v) is 15.3. The van der Waals surface area contributed by atoms with Crippen molar-refractivity contribution in [3.63, 3.8) is 0 Å².